The van der Waals surface area contributed by atoms with Crippen molar-refractivity contribution in [2.24, 2.45) is 17.3 Å². The van der Waals surface area contributed by atoms with Crippen LogP contribution in [-0.2, 0) is 7.05 Å². The molecule has 0 bridgehead atoms. The molecule has 2 fully saturated rings. The minimum atomic E-state index is -0.657. The largest absolute Gasteiger partial charge is 0.493 e. The van der Waals surface area contributed by atoms with Gasteiger partial charge in [-0.15, -0.1) is 10.2 Å². The second-order valence-electron chi connectivity index (χ2n) is 11.6. The fraction of sp³-hybridized carbons (Fsp3) is 0.394. The molecule has 6 rings (SSSR count). The summed E-state index contributed by atoms with van der Waals surface area (Å²) >= 11 is 0. The van der Waals surface area contributed by atoms with Crippen LogP contribution >= 0.6 is 0 Å². The number of anilines is 1. The van der Waals surface area contributed by atoms with E-state index in [0.29, 0.717) is 11.3 Å². The van der Waals surface area contributed by atoms with E-state index in [1.165, 1.54) is 13.8 Å². The Labute approximate surface area is 254 Å². The molecule has 4 aromatic rings. The molecule has 2 N–H and O–H groups in total. The van der Waals surface area contributed by atoms with Gasteiger partial charge in [0, 0.05) is 30.3 Å². The summed E-state index contributed by atoms with van der Waals surface area (Å²) in [7, 11) is 1.68. The molecular formula is C33H37N7O4. The van der Waals surface area contributed by atoms with Crippen LogP contribution < -0.4 is 16.6 Å². The quantitative estimate of drug-likeness (QED) is 0.227. The number of nitrogens with zero attached hydrogens (tertiary/aromatic N) is 6. The molecule has 228 valence electrons. The van der Waals surface area contributed by atoms with Gasteiger partial charge in [0.05, 0.1) is 0 Å². The summed E-state index contributed by atoms with van der Waals surface area (Å²) < 4.78 is 4.16. The van der Waals surface area contributed by atoms with Gasteiger partial charge in [0.15, 0.2) is 11.5 Å². The zero-order chi connectivity index (χ0) is 30.6. The number of aryl methyl sites for hydroxylation is 1. The first-order chi connectivity index (χ1) is 21.4. The Morgan fingerprint density at radius 1 is 0.795 bits per heavy atom. The number of aromatic hydroxyl groups is 1. The van der Waals surface area contributed by atoms with E-state index < -0.39 is 17.1 Å². The van der Waals surface area contributed by atoms with Crippen molar-refractivity contribution in [1.82, 2.24) is 18.9 Å². The average Bonchev–Trinajstić information content (AvgIpc) is 3.37. The van der Waals surface area contributed by atoms with Crippen molar-refractivity contribution in [3.63, 3.8) is 0 Å². The highest BCUT2D eigenvalue weighted by Crippen LogP contribution is 2.39. The number of nitrogens with one attached hydrogen (secondary N) is 1. The highest BCUT2D eigenvalue weighted by atomic mass is 16.3. The molecule has 0 aliphatic heterocycles. The Hall–Kier alpha value is -4.80. The third-order valence-corrected chi connectivity index (χ3v) is 8.74. The van der Waals surface area contributed by atoms with Gasteiger partial charge in [0.2, 0.25) is 11.6 Å². The van der Waals surface area contributed by atoms with Crippen molar-refractivity contribution in [1.29, 1.82) is 0 Å². The van der Waals surface area contributed by atoms with Crippen LogP contribution in [0.2, 0.25) is 0 Å². The molecule has 0 saturated heterocycles. The van der Waals surface area contributed by atoms with Crippen LogP contribution in [0.3, 0.4) is 0 Å². The Morgan fingerprint density at radius 2 is 1.34 bits per heavy atom. The van der Waals surface area contributed by atoms with Crippen molar-refractivity contribution in [3.8, 4) is 17.1 Å². The Bertz CT molecular complexity index is 1780. The van der Waals surface area contributed by atoms with Crippen LogP contribution in [-0.4, -0.2) is 29.9 Å². The van der Waals surface area contributed by atoms with E-state index in [1.807, 2.05) is 36.4 Å². The van der Waals surface area contributed by atoms with Gasteiger partial charge < -0.3 is 10.4 Å². The number of carbonyl (C=O) groups excluding carboxylic acids is 1. The third-order valence-electron chi connectivity index (χ3n) is 8.74. The molecule has 2 aromatic carbocycles. The zero-order valence-corrected chi connectivity index (χ0v) is 24.9. The lowest BCUT2D eigenvalue weighted by Gasteiger charge is -2.28. The normalized spacial score (nSPS) is 16.4. The van der Waals surface area contributed by atoms with Gasteiger partial charge in [-0.1, -0.05) is 87.1 Å². The molecule has 0 atom stereocenters. The molecule has 11 nitrogen and oxygen atoms in total. The summed E-state index contributed by atoms with van der Waals surface area (Å²) in [6, 6.07) is 17.6. The monoisotopic (exact) mass is 595 g/mol. The number of carbonyl (C=O) groups is 1. The van der Waals surface area contributed by atoms with Crippen LogP contribution in [0.4, 0.5) is 17.2 Å². The molecule has 2 aromatic heterocycles. The number of amides is 1. The fourth-order valence-electron chi connectivity index (χ4n) is 6.44. The lowest BCUT2D eigenvalue weighted by molar-refractivity contribution is 0.102. The second kappa shape index (κ2) is 12.8. The molecule has 1 amide bonds. The maximum Gasteiger partial charge on any atom is 0.334 e. The standard InChI is InChI=1S/C33H37N7O4/c1-38-29(34-30(41)23-16-8-3-9-17-23)27(26(37-38)22-14-6-2-7-15-22)35-36-28-31(42)39(24-18-10-4-11-19-24)33(44)40(32(28)43)25-20-12-5-13-21-25/h2-3,6-9,14-17,24-25,42H,4-5,10-13,18-21H2,1H3,(H,34,41). The summed E-state index contributed by atoms with van der Waals surface area (Å²) in [4.78, 5) is 40.9. The van der Waals surface area contributed by atoms with Crippen LogP contribution in [0.5, 0.6) is 5.88 Å². The molecule has 2 heterocycles. The molecule has 11 heteroatoms. The Kier molecular flexibility index (Phi) is 8.53. The predicted molar refractivity (Wildman–Crippen MR) is 168 cm³/mol. The summed E-state index contributed by atoms with van der Waals surface area (Å²) in [6.45, 7) is 0. The van der Waals surface area contributed by atoms with Crippen LogP contribution in [0.1, 0.15) is 86.6 Å². The summed E-state index contributed by atoms with van der Waals surface area (Å²) in [5.74, 6) is -0.560. The molecule has 2 aliphatic rings. The van der Waals surface area contributed by atoms with Crippen molar-refractivity contribution in [2.45, 2.75) is 76.3 Å². The number of rotatable bonds is 7. The minimum Gasteiger partial charge on any atom is -0.493 e. The lowest BCUT2D eigenvalue weighted by Crippen LogP contribution is -2.43. The average molecular weight is 596 g/mol. The van der Waals surface area contributed by atoms with E-state index >= 15 is 0 Å². The number of aromatic nitrogens is 4. The van der Waals surface area contributed by atoms with E-state index in [4.69, 9.17) is 0 Å². The van der Waals surface area contributed by atoms with E-state index in [1.54, 1.807) is 31.3 Å². The van der Waals surface area contributed by atoms with Crippen molar-refractivity contribution < 1.29 is 9.90 Å². The Morgan fingerprint density at radius 3 is 1.95 bits per heavy atom. The number of hydrogen-bond acceptors (Lipinski definition) is 7. The molecular weight excluding hydrogens is 558 g/mol. The maximum atomic E-state index is 13.9. The minimum absolute atomic E-state index is 0.223. The van der Waals surface area contributed by atoms with Crippen molar-refractivity contribution >= 4 is 23.1 Å². The summed E-state index contributed by atoms with van der Waals surface area (Å²) in [5, 5.41) is 27.8. The Balaban J connectivity index is 1.50. The van der Waals surface area contributed by atoms with Crippen LogP contribution in [0.15, 0.2) is 80.5 Å². The summed E-state index contributed by atoms with van der Waals surface area (Å²) in [6.07, 6.45) is 8.79. The van der Waals surface area contributed by atoms with Crippen molar-refractivity contribution in [3.05, 3.63) is 87.1 Å². The molecule has 2 aliphatic carbocycles. The van der Waals surface area contributed by atoms with Gasteiger partial charge in [-0.2, -0.15) is 5.10 Å². The molecule has 0 radical (unpaired) electrons. The highest BCUT2D eigenvalue weighted by Gasteiger charge is 2.29. The topological polar surface area (TPSA) is 136 Å². The van der Waals surface area contributed by atoms with Gasteiger partial charge in [-0.05, 0) is 37.8 Å². The van der Waals surface area contributed by atoms with Gasteiger partial charge in [-0.3, -0.25) is 18.7 Å². The van der Waals surface area contributed by atoms with Crippen LogP contribution in [0.25, 0.3) is 11.3 Å². The highest BCUT2D eigenvalue weighted by molar-refractivity contribution is 6.06. The lowest BCUT2D eigenvalue weighted by atomic mass is 9.94. The number of benzene rings is 2. The molecule has 2 saturated carbocycles. The first-order valence-corrected chi connectivity index (χ1v) is 15.4. The fourth-order valence-corrected chi connectivity index (χ4v) is 6.44. The predicted octanol–water partition coefficient (Wildman–Crippen LogP) is 6.79. The second-order valence-corrected chi connectivity index (χ2v) is 11.6. The third kappa shape index (κ3) is 5.73. The molecule has 0 spiro atoms. The van der Waals surface area contributed by atoms with Gasteiger partial charge in [0.1, 0.15) is 5.69 Å². The van der Waals surface area contributed by atoms with E-state index in [9.17, 15) is 19.5 Å². The molecule has 44 heavy (non-hydrogen) atoms. The smallest absolute Gasteiger partial charge is 0.334 e. The summed E-state index contributed by atoms with van der Waals surface area (Å²) in [5.41, 5.74) is 0.416. The maximum absolute atomic E-state index is 13.9. The van der Waals surface area contributed by atoms with Gasteiger partial charge in [-0.25, -0.2) is 9.48 Å². The molecule has 0 unspecified atom stereocenters. The van der Waals surface area contributed by atoms with Crippen LogP contribution in [0, 0.1) is 0 Å². The van der Waals surface area contributed by atoms with Crippen molar-refractivity contribution in [2.75, 3.05) is 5.32 Å². The van der Waals surface area contributed by atoms with Gasteiger partial charge >= 0.3 is 5.69 Å². The van der Waals surface area contributed by atoms with E-state index in [-0.39, 0.29) is 35.2 Å². The first kappa shape index (κ1) is 29.3. The van der Waals surface area contributed by atoms with Gasteiger partial charge in [0.25, 0.3) is 11.5 Å². The number of azo groups is 1. The zero-order valence-electron chi connectivity index (χ0n) is 24.9. The SMILES string of the molecule is Cn1nc(-c2ccccc2)c(N=Nc2c(O)n(C3CCCCC3)c(=O)n(C3CCCCC3)c2=O)c1NC(=O)c1ccccc1. The van der Waals surface area contributed by atoms with E-state index in [0.717, 1.165) is 69.8 Å². The number of hydrogen-bond donors (Lipinski definition) is 2. The van der Waals surface area contributed by atoms with E-state index in [2.05, 4.69) is 20.6 Å². The first-order valence-electron chi connectivity index (χ1n) is 15.4.